The molecule has 8 heteroatoms. The van der Waals surface area contributed by atoms with Crippen molar-refractivity contribution in [2.45, 2.75) is 23.5 Å². The monoisotopic (exact) mass is 406 g/mol. The van der Waals surface area contributed by atoms with Crippen molar-refractivity contribution in [2.24, 2.45) is 0 Å². The van der Waals surface area contributed by atoms with Crippen LogP contribution in [0.15, 0.2) is 53.4 Å². The fraction of sp³-hybridized carbons (Fsp3) is 0.300. The molecule has 0 spiro atoms. The molecule has 0 radical (unpaired) electrons. The molecule has 1 heterocycles. The number of ether oxygens (including phenoxy) is 1. The van der Waals surface area contributed by atoms with Gasteiger partial charge in [0.15, 0.2) is 6.61 Å². The molecule has 1 saturated heterocycles. The van der Waals surface area contributed by atoms with Crippen LogP contribution in [0.25, 0.3) is 0 Å². The third-order valence-electron chi connectivity index (χ3n) is 4.25. The molecule has 0 bridgehead atoms. The summed E-state index contributed by atoms with van der Waals surface area (Å²) < 4.78 is 30.3. The number of anilines is 1. The van der Waals surface area contributed by atoms with Crippen LogP contribution in [-0.4, -0.2) is 42.2 Å². The largest absolute Gasteiger partial charge is 0.484 e. The molecule has 1 aliphatic rings. The van der Waals surface area contributed by atoms with E-state index in [1.807, 2.05) is 0 Å². The average Bonchev–Trinajstić information content (AvgIpc) is 3.21. The number of hydrogen-bond acceptors (Lipinski definition) is 4. The van der Waals surface area contributed by atoms with E-state index in [2.05, 4.69) is 5.32 Å². The Morgan fingerprint density at radius 1 is 1.11 bits per heavy atom. The van der Waals surface area contributed by atoms with Gasteiger partial charge in [-0.15, -0.1) is 0 Å². The van der Waals surface area contributed by atoms with Gasteiger partial charge >= 0.3 is 0 Å². The number of halogens is 2. The van der Waals surface area contributed by atoms with E-state index >= 15 is 0 Å². The first-order valence-electron chi connectivity index (χ1n) is 8.88. The molecular weight excluding hydrogens is 386 g/mol. The maximum Gasteiger partial charge on any atom is 0.288 e. The van der Waals surface area contributed by atoms with Gasteiger partial charge in [0.2, 0.25) is 0 Å². The number of nitrogens with one attached hydrogen (secondary N) is 1. The van der Waals surface area contributed by atoms with Crippen molar-refractivity contribution in [1.29, 1.82) is 0 Å². The lowest BCUT2D eigenvalue weighted by atomic mass is 10.2. The second kappa shape index (κ2) is 9.54. The number of rotatable bonds is 7. The molecule has 1 N–H and O–H groups in total. The van der Waals surface area contributed by atoms with E-state index in [0.29, 0.717) is 33.7 Å². The van der Waals surface area contributed by atoms with E-state index in [9.17, 15) is 18.4 Å². The predicted molar refractivity (Wildman–Crippen MR) is 104 cm³/mol. The molecule has 1 aliphatic heterocycles. The summed E-state index contributed by atoms with van der Waals surface area (Å²) >= 11 is 0.429. The fourth-order valence-corrected chi connectivity index (χ4v) is 3.36. The zero-order chi connectivity index (χ0) is 19.9. The van der Waals surface area contributed by atoms with E-state index < -0.39 is 5.76 Å². The summed E-state index contributed by atoms with van der Waals surface area (Å²) in [5.41, 5.74) is 0.872. The number of likely N-dealkylation sites (tertiary alicyclic amines) is 1. The molecule has 148 valence electrons. The van der Waals surface area contributed by atoms with Crippen molar-refractivity contribution >= 4 is 29.3 Å². The molecule has 2 amide bonds. The molecule has 0 aromatic heterocycles. The van der Waals surface area contributed by atoms with Crippen molar-refractivity contribution in [2.75, 3.05) is 25.0 Å². The minimum atomic E-state index is -2.50. The zero-order valence-corrected chi connectivity index (χ0v) is 15.9. The first-order chi connectivity index (χ1) is 13.5. The Morgan fingerprint density at radius 3 is 2.50 bits per heavy atom. The van der Waals surface area contributed by atoms with Gasteiger partial charge in [-0.05, 0) is 49.2 Å². The normalized spacial score (nSPS) is 13.6. The lowest BCUT2D eigenvalue weighted by molar-refractivity contribution is -0.132. The molecule has 0 aliphatic carbocycles. The highest BCUT2D eigenvalue weighted by molar-refractivity contribution is 7.99. The molecule has 1 fully saturated rings. The molecule has 0 unspecified atom stereocenters. The summed E-state index contributed by atoms with van der Waals surface area (Å²) in [4.78, 5) is 26.5. The second-order valence-corrected chi connectivity index (χ2v) is 7.32. The highest BCUT2D eigenvalue weighted by atomic mass is 32.2. The third kappa shape index (κ3) is 5.69. The number of carbonyl (C=O) groups excluding carboxylic acids is 2. The van der Waals surface area contributed by atoms with Crippen molar-refractivity contribution in [3.05, 3.63) is 54.1 Å². The van der Waals surface area contributed by atoms with Gasteiger partial charge in [0.1, 0.15) is 5.75 Å². The molecule has 0 atom stereocenters. The van der Waals surface area contributed by atoms with Gasteiger partial charge in [0, 0.05) is 35.3 Å². The van der Waals surface area contributed by atoms with E-state index in [1.165, 1.54) is 24.3 Å². The SMILES string of the molecule is O=C(Nc1cccc(OCC(=O)N2CCCC2)c1)c1ccc(SC(F)F)cc1. The number of hydrogen-bond donors (Lipinski definition) is 1. The second-order valence-electron chi connectivity index (χ2n) is 6.26. The Kier molecular flexibility index (Phi) is 6.86. The molecular formula is C20H20F2N2O3S. The van der Waals surface area contributed by atoms with Gasteiger partial charge < -0.3 is 15.0 Å². The lowest BCUT2D eigenvalue weighted by Crippen LogP contribution is -2.32. The Hall–Kier alpha value is -2.61. The van der Waals surface area contributed by atoms with Crippen LogP contribution < -0.4 is 10.1 Å². The molecule has 0 saturated carbocycles. The molecule has 5 nitrogen and oxygen atoms in total. The highest BCUT2D eigenvalue weighted by Gasteiger charge is 2.18. The van der Waals surface area contributed by atoms with Crippen LogP contribution in [0.5, 0.6) is 5.75 Å². The zero-order valence-electron chi connectivity index (χ0n) is 15.1. The Bertz CT molecular complexity index is 824. The van der Waals surface area contributed by atoms with Gasteiger partial charge in [-0.1, -0.05) is 17.8 Å². The Labute approximate surface area is 166 Å². The van der Waals surface area contributed by atoms with E-state index in [-0.39, 0.29) is 18.4 Å². The smallest absolute Gasteiger partial charge is 0.288 e. The highest BCUT2D eigenvalue weighted by Crippen LogP contribution is 2.25. The van der Waals surface area contributed by atoms with Crippen LogP contribution >= 0.6 is 11.8 Å². The molecule has 28 heavy (non-hydrogen) atoms. The summed E-state index contributed by atoms with van der Waals surface area (Å²) in [6, 6.07) is 12.7. The lowest BCUT2D eigenvalue weighted by Gasteiger charge is -2.15. The molecule has 2 aromatic rings. The van der Waals surface area contributed by atoms with Crippen LogP contribution in [0, 0.1) is 0 Å². The standard InChI is InChI=1S/C20H20F2N2O3S/c21-20(22)28-17-8-6-14(7-9-17)19(26)23-15-4-3-5-16(12-15)27-13-18(25)24-10-1-2-11-24/h3-9,12,20H,1-2,10-11,13H2,(H,23,26). The van der Waals surface area contributed by atoms with Gasteiger partial charge in [0.05, 0.1) is 0 Å². The van der Waals surface area contributed by atoms with Gasteiger partial charge in [-0.3, -0.25) is 9.59 Å². The molecule has 2 aromatic carbocycles. The van der Waals surface area contributed by atoms with Crippen LogP contribution in [0.1, 0.15) is 23.2 Å². The predicted octanol–water partition coefficient (Wildman–Crippen LogP) is 4.25. The van der Waals surface area contributed by atoms with Crippen LogP contribution in [0.3, 0.4) is 0 Å². The minimum Gasteiger partial charge on any atom is -0.484 e. The Morgan fingerprint density at radius 2 is 1.82 bits per heavy atom. The Balaban J connectivity index is 1.56. The number of benzene rings is 2. The number of carbonyl (C=O) groups is 2. The molecule has 3 rings (SSSR count). The van der Waals surface area contributed by atoms with Crippen LogP contribution in [-0.2, 0) is 4.79 Å². The summed E-state index contributed by atoms with van der Waals surface area (Å²) in [5.74, 6) is -2.43. The van der Waals surface area contributed by atoms with E-state index in [1.54, 1.807) is 29.2 Å². The maximum atomic E-state index is 12.4. The van der Waals surface area contributed by atoms with Gasteiger partial charge in [0.25, 0.3) is 17.6 Å². The summed E-state index contributed by atoms with van der Waals surface area (Å²) in [7, 11) is 0. The maximum absolute atomic E-state index is 12.4. The van der Waals surface area contributed by atoms with Crippen molar-refractivity contribution in [3.63, 3.8) is 0 Å². The minimum absolute atomic E-state index is 0.0410. The number of amides is 2. The fourth-order valence-electron chi connectivity index (χ4n) is 2.86. The summed E-state index contributed by atoms with van der Waals surface area (Å²) in [6.45, 7) is 1.50. The van der Waals surface area contributed by atoms with E-state index in [0.717, 1.165) is 25.9 Å². The topological polar surface area (TPSA) is 58.6 Å². The third-order valence-corrected chi connectivity index (χ3v) is 4.98. The van der Waals surface area contributed by atoms with Gasteiger partial charge in [-0.2, -0.15) is 8.78 Å². The number of nitrogens with zero attached hydrogens (tertiary/aromatic N) is 1. The van der Waals surface area contributed by atoms with Crippen molar-refractivity contribution in [3.8, 4) is 5.75 Å². The van der Waals surface area contributed by atoms with Crippen molar-refractivity contribution in [1.82, 2.24) is 4.90 Å². The average molecular weight is 406 g/mol. The summed E-state index contributed by atoms with van der Waals surface area (Å²) in [5, 5.41) is 2.73. The van der Waals surface area contributed by atoms with Crippen LogP contribution in [0.4, 0.5) is 14.5 Å². The van der Waals surface area contributed by atoms with Gasteiger partial charge in [-0.25, -0.2) is 0 Å². The summed E-state index contributed by atoms with van der Waals surface area (Å²) in [6.07, 6.45) is 2.05. The number of thioether (sulfide) groups is 1. The first-order valence-corrected chi connectivity index (χ1v) is 9.76. The van der Waals surface area contributed by atoms with E-state index in [4.69, 9.17) is 4.74 Å². The van der Waals surface area contributed by atoms with Crippen molar-refractivity contribution < 1.29 is 23.1 Å². The quantitative estimate of drug-likeness (QED) is 0.699. The first kappa shape index (κ1) is 20.1. The van der Waals surface area contributed by atoms with Crippen LogP contribution in [0.2, 0.25) is 0 Å². The number of alkyl halides is 2.